The van der Waals surface area contributed by atoms with E-state index >= 15 is 0 Å². The van der Waals surface area contributed by atoms with Gasteiger partial charge in [0.15, 0.2) is 5.96 Å². The van der Waals surface area contributed by atoms with E-state index in [4.69, 9.17) is 0 Å². The number of aromatic nitrogens is 1. The second-order valence-corrected chi connectivity index (χ2v) is 7.78. The number of carbonyl (C=O) groups excluding carboxylic acids is 1. The molecule has 24 heavy (non-hydrogen) atoms. The number of carbonyl (C=O) groups is 1. The van der Waals surface area contributed by atoms with Crippen LogP contribution in [-0.4, -0.2) is 47.9 Å². The summed E-state index contributed by atoms with van der Waals surface area (Å²) in [6.07, 6.45) is 0. The van der Waals surface area contributed by atoms with Gasteiger partial charge in [-0.25, -0.2) is 4.98 Å². The lowest BCUT2D eigenvalue weighted by Crippen LogP contribution is -2.48. The molecule has 1 aromatic rings. The predicted octanol–water partition coefficient (Wildman–Crippen LogP) is 2.81. The van der Waals surface area contributed by atoms with E-state index in [-0.39, 0.29) is 42.0 Å². The van der Waals surface area contributed by atoms with E-state index < -0.39 is 0 Å². The Labute approximate surface area is 166 Å². The molecule has 0 fully saturated rings. The first-order valence-corrected chi connectivity index (χ1v) is 8.67. The number of likely N-dealkylation sites (N-methyl/N-ethyl adjacent to an activating group) is 1. The van der Waals surface area contributed by atoms with Crippen molar-refractivity contribution in [3.05, 3.63) is 16.1 Å². The molecule has 2 N–H and O–H groups in total. The van der Waals surface area contributed by atoms with Crippen LogP contribution in [0.5, 0.6) is 0 Å². The van der Waals surface area contributed by atoms with Crippen LogP contribution in [0.1, 0.15) is 51.2 Å². The molecule has 1 aromatic heterocycles. The number of nitrogens with zero attached hydrogens (tertiary/aromatic N) is 3. The van der Waals surface area contributed by atoms with Crippen molar-refractivity contribution in [1.82, 2.24) is 20.5 Å². The maximum absolute atomic E-state index is 12.0. The second kappa shape index (κ2) is 10.2. The van der Waals surface area contributed by atoms with Gasteiger partial charge in [0.25, 0.3) is 0 Å². The van der Waals surface area contributed by atoms with Gasteiger partial charge in [-0.1, -0.05) is 13.8 Å². The summed E-state index contributed by atoms with van der Waals surface area (Å²) in [5.74, 6) is 1.09. The molecular weight excluding hydrogens is 437 g/mol. The highest BCUT2D eigenvalue weighted by Crippen LogP contribution is 2.18. The number of hydrogen-bond acceptors (Lipinski definition) is 4. The smallest absolute Gasteiger partial charge is 0.240 e. The number of halogens is 1. The van der Waals surface area contributed by atoms with Crippen molar-refractivity contribution in [2.75, 3.05) is 20.6 Å². The Morgan fingerprint density at radius 2 is 2.04 bits per heavy atom. The van der Waals surface area contributed by atoms with Gasteiger partial charge in [0.05, 0.1) is 23.8 Å². The Morgan fingerprint density at radius 1 is 1.42 bits per heavy atom. The van der Waals surface area contributed by atoms with Gasteiger partial charge in [-0.15, -0.1) is 35.3 Å². The zero-order valence-electron chi connectivity index (χ0n) is 15.6. The molecule has 0 aliphatic rings. The third-order valence-corrected chi connectivity index (χ3v) is 4.15. The Bertz CT molecular complexity index is 551. The van der Waals surface area contributed by atoms with E-state index in [0.717, 1.165) is 10.7 Å². The molecule has 0 unspecified atom stereocenters. The van der Waals surface area contributed by atoms with Crippen LogP contribution >= 0.6 is 35.3 Å². The molecule has 138 valence electrons. The van der Waals surface area contributed by atoms with Crippen LogP contribution in [0.3, 0.4) is 0 Å². The highest BCUT2D eigenvalue weighted by molar-refractivity contribution is 14.0. The van der Waals surface area contributed by atoms with Gasteiger partial charge >= 0.3 is 0 Å². The first kappa shape index (κ1) is 23.1. The van der Waals surface area contributed by atoms with Gasteiger partial charge in [-0.05, 0) is 20.8 Å². The van der Waals surface area contributed by atoms with Crippen LogP contribution in [0.4, 0.5) is 0 Å². The molecule has 0 atom stereocenters. The average molecular weight is 467 g/mol. The van der Waals surface area contributed by atoms with Crippen molar-refractivity contribution in [2.45, 2.75) is 52.6 Å². The van der Waals surface area contributed by atoms with Crippen LogP contribution in [-0.2, 0) is 11.3 Å². The number of nitrogens with one attached hydrogen (secondary N) is 2. The SMILES string of the molecule is CN=C(NCc1csc(C(C)C)n1)N(C)CC(=O)NC(C)(C)C.I. The maximum Gasteiger partial charge on any atom is 0.240 e. The molecule has 0 saturated carbocycles. The fourth-order valence-electron chi connectivity index (χ4n) is 1.97. The van der Waals surface area contributed by atoms with Crippen LogP contribution in [0.25, 0.3) is 0 Å². The molecule has 6 nitrogen and oxygen atoms in total. The predicted molar refractivity (Wildman–Crippen MR) is 112 cm³/mol. The number of thiazole rings is 1. The van der Waals surface area contributed by atoms with Crippen molar-refractivity contribution in [2.24, 2.45) is 4.99 Å². The first-order valence-electron chi connectivity index (χ1n) is 7.79. The Balaban J connectivity index is 0.00000529. The van der Waals surface area contributed by atoms with Crippen molar-refractivity contribution in [1.29, 1.82) is 0 Å². The van der Waals surface area contributed by atoms with E-state index in [1.807, 2.05) is 27.8 Å². The van der Waals surface area contributed by atoms with Crippen LogP contribution in [0.2, 0.25) is 0 Å². The third-order valence-electron chi connectivity index (χ3n) is 2.96. The first-order chi connectivity index (χ1) is 10.6. The van der Waals surface area contributed by atoms with Crippen molar-refractivity contribution in [3.63, 3.8) is 0 Å². The van der Waals surface area contributed by atoms with E-state index in [1.165, 1.54) is 0 Å². The third kappa shape index (κ3) is 8.27. The van der Waals surface area contributed by atoms with Crippen LogP contribution < -0.4 is 10.6 Å². The van der Waals surface area contributed by atoms with E-state index in [1.54, 1.807) is 23.3 Å². The molecule has 1 amide bonds. The largest absolute Gasteiger partial charge is 0.351 e. The fraction of sp³-hybridized carbons (Fsp3) is 0.688. The molecule has 0 aliphatic heterocycles. The lowest BCUT2D eigenvalue weighted by molar-refractivity contribution is -0.122. The lowest BCUT2D eigenvalue weighted by Gasteiger charge is -2.25. The minimum absolute atomic E-state index is 0. The topological polar surface area (TPSA) is 69.6 Å². The zero-order chi connectivity index (χ0) is 17.6. The monoisotopic (exact) mass is 467 g/mol. The molecule has 0 aromatic carbocycles. The zero-order valence-corrected chi connectivity index (χ0v) is 18.8. The van der Waals surface area contributed by atoms with E-state index in [2.05, 4.69) is 39.8 Å². The maximum atomic E-state index is 12.0. The summed E-state index contributed by atoms with van der Waals surface area (Å²) in [5.41, 5.74) is 0.760. The van der Waals surface area contributed by atoms with Crippen LogP contribution in [0, 0.1) is 0 Å². The standard InChI is InChI=1S/C16H29N5OS.HI/c1-11(2)14-19-12(10-23-14)8-18-15(17-6)21(7)9-13(22)20-16(3,4)5;/h10-11H,8-9H2,1-7H3,(H,17,18)(H,20,22);1H. The fourth-order valence-corrected chi connectivity index (χ4v) is 2.81. The van der Waals surface area contributed by atoms with Gasteiger partial charge in [0, 0.05) is 30.9 Å². The quantitative estimate of drug-likeness (QED) is 0.397. The minimum atomic E-state index is -0.233. The minimum Gasteiger partial charge on any atom is -0.351 e. The van der Waals surface area contributed by atoms with Gasteiger partial charge < -0.3 is 15.5 Å². The van der Waals surface area contributed by atoms with Gasteiger partial charge in [-0.2, -0.15) is 0 Å². The summed E-state index contributed by atoms with van der Waals surface area (Å²) >= 11 is 1.67. The molecule has 0 radical (unpaired) electrons. The summed E-state index contributed by atoms with van der Waals surface area (Å²) in [7, 11) is 3.55. The highest BCUT2D eigenvalue weighted by atomic mass is 127. The Morgan fingerprint density at radius 3 is 2.50 bits per heavy atom. The van der Waals surface area contributed by atoms with E-state index in [9.17, 15) is 4.79 Å². The molecule has 1 heterocycles. The lowest BCUT2D eigenvalue weighted by atomic mass is 10.1. The van der Waals surface area contributed by atoms with Crippen molar-refractivity contribution < 1.29 is 4.79 Å². The summed E-state index contributed by atoms with van der Waals surface area (Å²) in [6, 6.07) is 0. The van der Waals surface area contributed by atoms with Crippen molar-refractivity contribution >= 4 is 47.2 Å². The normalized spacial score (nSPS) is 11.9. The molecule has 0 bridgehead atoms. The van der Waals surface area contributed by atoms with Gasteiger partial charge in [0.1, 0.15) is 0 Å². The molecule has 0 aliphatic carbocycles. The highest BCUT2D eigenvalue weighted by Gasteiger charge is 2.17. The Hall–Kier alpha value is -0.900. The number of guanidine groups is 1. The number of amides is 1. The van der Waals surface area contributed by atoms with Crippen molar-refractivity contribution in [3.8, 4) is 0 Å². The number of hydrogen-bond donors (Lipinski definition) is 2. The van der Waals surface area contributed by atoms with E-state index in [0.29, 0.717) is 18.4 Å². The van der Waals surface area contributed by atoms with Gasteiger partial charge in [0.2, 0.25) is 5.91 Å². The molecule has 0 spiro atoms. The Kier molecular flexibility index (Phi) is 9.79. The molecular formula is C16H30IN5OS. The summed E-state index contributed by atoms with van der Waals surface area (Å²) in [4.78, 5) is 22.6. The molecule has 8 heteroatoms. The number of aliphatic imine (C=N–C) groups is 1. The van der Waals surface area contributed by atoms with Gasteiger partial charge in [-0.3, -0.25) is 9.79 Å². The summed E-state index contributed by atoms with van der Waals surface area (Å²) in [5, 5.41) is 9.38. The summed E-state index contributed by atoms with van der Waals surface area (Å²) in [6.45, 7) is 11.0. The molecule has 1 rings (SSSR count). The number of rotatable bonds is 5. The van der Waals surface area contributed by atoms with Crippen LogP contribution in [0.15, 0.2) is 10.4 Å². The second-order valence-electron chi connectivity index (χ2n) is 6.89. The summed E-state index contributed by atoms with van der Waals surface area (Å²) < 4.78 is 0. The average Bonchev–Trinajstić information content (AvgIpc) is 2.86. The molecule has 0 saturated heterocycles.